The molecule has 1 aromatic rings. The number of hydrogen-bond acceptors (Lipinski definition) is 3. The first-order valence-electron chi connectivity index (χ1n) is 7.58. The van der Waals surface area contributed by atoms with Crippen molar-refractivity contribution in [3.63, 3.8) is 0 Å². The van der Waals surface area contributed by atoms with Crippen LogP contribution in [0.2, 0.25) is 0 Å². The van der Waals surface area contributed by atoms with Crippen molar-refractivity contribution < 1.29 is 15.0 Å². The van der Waals surface area contributed by atoms with Crippen molar-refractivity contribution in [2.45, 2.75) is 44.8 Å². The lowest BCUT2D eigenvalue weighted by molar-refractivity contribution is 0.142. The van der Waals surface area contributed by atoms with E-state index < -0.39 is 6.10 Å². The number of urea groups is 1. The van der Waals surface area contributed by atoms with E-state index >= 15 is 0 Å². The van der Waals surface area contributed by atoms with Gasteiger partial charge in [0.1, 0.15) is 0 Å². The van der Waals surface area contributed by atoms with Crippen LogP contribution < -0.4 is 5.32 Å². The maximum absolute atomic E-state index is 12.4. The molecule has 5 heteroatoms. The monoisotopic (exact) mass is 292 g/mol. The average Bonchev–Trinajstić information content (AvgIpc) is 2.72. The van der Waals surface area contributed by atoms with Gasteiger partial charge in [-0.2, -0.15) is 0 Å². The molecule has 1 heterocycles. The van der Waals surface area contributed by atoms with Gasteiger partial charge in [0.05, 0.1) is 18.8 Å². The Labute approximate surface area is 125 Å². The van der Waals surface area contributed by atoms with E-state index in [1.807, 2.05) is 0 Å². The molecule has 1 aromatic carbocycles. The molecule has 2 atom stereocenters. The lowest BCUT2D eigenvalue weighted by Crippen LogP contribution is -2.44. The second-order valence-corrected chi connectivity index (χ2v) is 5.61. The molecule has 1 aliphatic rings. The first kappa shape index (κ1) is 15.8. The number of aliphatic hydroxyl groups is 2. The molecule has 0 aliphatic carbocycles. The summed E-state index contributed by atoms with van der Waals surface area (Å²) in [7, 11) is 0. The number of carbonyl (C=O) groups excluding carboxylic acids is 1. The minimum absolute atomic E-state index is 0.00832. The number of benzene rings is 1. The minimum atomic E-state index is -0.515. The van der Waals surface area contributed by atoms with Crippen molar-refractivity contribution in [2.75, 3.05) is 18.5 Å². The molecule has 3 N–H and O–H groups in total. The summed E-state index contributed by atoms with van der Waals surface area (Å²) in [5.74, 6) is 0. The Morgan fingerprint density at radius 3 is 2.67 bits per heavy atom. The van der Waals surface area contributed by atoms with Gasteiger partial charge in [-0.25, -0.2) is 4.79 Å². The van der Waals surface area contributed by atoms with Crippen LogP contribution in [0.1, 0.15) is 44.3 Å². The van der Waals surface area contributed by atoms with Gasteiger partial charge in [-0.15, -0.1) is 0 Å². The fourth-order valence-electron chi connectivity index (χ4n) is 2.67. The summed E-state index contributed by atoms with van der Waals surface area (Å²) in [6.07, 6.45) is 3.47. The maximum Gasteiger partial charge on any atom is 0.322 e. The fourth-order valence-corrected chi connectivity index (χ4v) is 2.67. The summed E-state index contributed by atoms with van der Waals surface area (Å²) < 4.78 is 0. The molecule has 1 saturated heterocycles. The number of carbonyl (C=O) groups is 1. The second-order valence-electron chi connectivity index (χ2n) is 5.61. The average molecular weight is 292 g/mol. The van der Waals surface area contributed by atoms with Crippen molar-refractivity contribution >= 4 is 11.7 Å². The van der Waals surface area contributed by atoms with Gasteiger partial charge in [0.25, 0.3) is 0 Å². The summed E-state index contributed by atoms with van der Waals surface area (Å²) in [6, 6.07) is 6.90. The Balaban J connectivity index is 2.01. The molecule has 1 fully saturated rings. The third-order valence-corrected chi connectivity index (χ3v) is 3.99. The number of anilines is 1. The van der Waals surface area contributed by atoms with Crippen LogP contribution in [0.4, 0.5) is 10.5 Å². The van der Waals surface area contributed by atoms with Crippen molar-refractivity contribution in [1.29, 1.82) is 0 Å². The van der Waals surface area contributed by atoms with Crippen molar-refractivity contribution in [2.24, 2.45) is 0 Å². The van der Waals surface area contributed by atoms with Gasteiger partial charge in [-0.05, 0) is 37.5 Å². The van der Waals surface area contributed by atoms with Crippen LogP contribution in [0.25, 0.3) is 0 Å². The topological polar surface area (TPSA) is 72.8 Å². The van der Waals surface area contributed by atoms with Crippen LogP contribution in [0.3, 0.4) is 0 Å². The molecule has 1 aliphatic heterocycles. The largest absolute Gasteiger partial charge is 0.394 e. The third-order valence-electron chi connectivity index (χ3n) is 3.99. The molecule has 0 radical (unpaired) electrons. The molecule has 2 amide bonds. The zero-order valence-electron chi connectivity index (χ0n) is 12.5. The van der Waals surface area contributed by atoms with E-state index in [0.717, 1.165) is 31.2 Å². The number of hydrogen-bond donors (Lipinski definition) is 3. The Morgan fingerprint density at radius 2 is 2.05 bits per heavy atom. The smallest absolute Gasteiger partial charge is 0.322 e. The van der Waals surface area contributed by atoms with Crippen molar-refractivity contribution in [3.8, 4) is 0 Å². The van der Waals surface area contributed by atoms with Crippen LogP contribution in [0, 0.1) is 0 Å². The summed E-state index contributed by atoms with van der Waals surface area (Å²) in [4.78, 5) is 14.1. The van der Waals surface area contributed by atoms with E-state index in [9.17, 15) is 15.0 Å². The van der Waals surface area contributed by atoms with Gasteiger partial charge in [-0.1, -0.05) is 25.0 Å². The lowest BCUT2D eigenvalue weighted by atomic mass is 10.1. The zero-order valence-corrected chi connectivity index (χ0v) is 12.5. The molecule has 0 spiro atoms. The second kappa shape index (κ2) is 7.43. The van der Waals surface area contributed by atoms with E-state index in [1.165, 1.54) is 0 Å². The van der Waals surface area contributed by atoms with Crippen molar-refractivity contribution in [1.82, 2.24) is 4.90 Å². The summed E-state index contributed by atoms with van der Waals surface area (Å²) >= 11 is 0. The van der Waals surface area contributed by atoms with Gasteiger partial charge in [0.2, 0.25) is 0 Å². The predicted octanol–water partition coefficient (Wildman–Crippen LogP) is 2.51. The maximum atomic E-state index is 12.4. The third kappa shape index (κ3) is 4.19. The number of nitrogens with zero attached hydrogens (tertiary/aromatic N) is 1. The molecule has 0 saturated carbocycles. The number of amides is 2. The SMILES string of the molecule is CC(O)c1ccc(NC(=O)N2CCCCCC2CO)cc1. The number of likely N-dealkylation sites (tertiary alicyclic amines) is 1. The van der Waals surface area contributed by atoms with Crippen LogP contribution >= 0.6 is 0 Å². The molecular formula is C16H24N2O3. The summed E-state index contributed by atoms with van der Waals surface area (Å²) in [6.45, 7) is 2.40. The van der Waals surface area contributed by atoms with E-state index in [4.69, 9.17) is 0 Å². The molecule has 0 aromatic heterocycles. The van der Waals surface area contributed by atoms with Crippen LogP contribution in [-0.4, -0.2) is 40.3 Å². The zero-order chi connectivity index (χ0) is 15.2. The van der Waals surface area contributed by atoms with Crippen LogP contribution in [0.15, 0.2) is 24.3 Å². The lowest BCUT2D eigenvalue weighted by Gasteiger charge is -2.28. The van der Waals surface area contributed by atoms with E-state index in [2.05, 4.69) is 5.32 Å². The molecular weight excluding hydrogens is 268 g/mol. The molecule has 2 rings (SSSR count). The van der Waals surface area contributed by atoms with Gasteiger partial charge in [0, 0.05) is 12.2 Å². The van der Waals surface area contributed by atoms with E-state index in [-0.39, 0.29) is 18.7 Å². The van der Waals surface area contributed by atoms with Gasteiger partial charge in [-0.3, -0.25) is 0 Å². The van der Waals surface area contributed by atoms with Crippen LogP contribution in [-0.2, 0) is 0 Å². The Kier molecular flexibility index (Phi) is 5.59. The normalized spacial score (nSPS) is 20.7. The highest BCUT2D eigenvalue weighted by atomic mass is 16.3. The first-order valence-corrected chi connectivity index (χ1v) is 7.58. The van der Waals surface area contributed by atoms with E-state index in [0.29, 0.717) is 12.2 Å². The number of rotatable bonds is 3. The summed E-state index contributed by atoms with van der Waals surface area (Å²) in [5.41, 5.74) is 1.52. The number of aliphatic hydroxyl groups excluding tert-OH is 2. The molecule has 116 valence electrons. The van der Waals surface area contributed by atoms with Gasteiger partial charge >= 0.3 is 6.03 Å². The highest BCUT2D eigenvalue weighted by Crippen LogP contribution is 2.19. The number of nitrogens with one attached hydrogen (secondary N) is 1. The Hall–Kier alpha value is -1.59. The van der Waals surface area contributed by atoms with Gasteiger partial charge < -0.3 is 20.4 Å². The minimum Gasteiger partial charge on any atom is -0.394 e. The Morgan fingerprint density at radius 1 is 1.33 bits per heavy atom. The van der Waals surface area contributed by atoms with E-state index in [1.54, 1.807) is 36.1 Å². The first-order chi connectivity index (χ1) is 10.1. The molecule has 2 unspecified atom stereocenters. The molecule has 21 heavy (non-hydrogen) atoms. The highest BCUT2D eigenvalue weighted by molar-refractivity contribution is 5.89. The van der Waals surface area contributed by atoms with Crippen LogP contribution in [0.5, 0.6) is 0 Å². The van der Waals surface area contributed by atoms with Crippen molar-refractivity contribution in [3.05, 3.63) is 29.8 Å². The molecule has 5 nitrogen and oxygen atoms in total. The quantitative estimate of drug-likeness (QED) is 0.801. The standard InChI is InChI=1S/C16H24N2O3/c1-12(20)13-6-8-14(9-7-13)17-16(21)18-10-4-2-3-5-15(18)11-19/h6-9,12,15,19-20H,2-5,10-11H2,1H3,(H,17,21). The van der Waals surface area contributed by atoms with Gasteiger partial charge in [0.15, 0.2) is 0 Å². The highest BCUT2D eigenvalue weighted by Gasteiger charge is 2.24. The predicted molar refractivity (Wildman–Crippen MR) is 82.1 cm³/mol. The summed E-state index contributed by atoms with van der Waals surface area (Å²) in [5, 5.41) is 21.8. The molecule has 0 bridgehead atoms. The fraction of sp³-hybridized carbons (Fsp3) is 0.562. The Bertz CT molecular complexity index is 459.